The Labute approximate surface area is 153 Å². The highest BCUT2D eigenvalue weighted by Crippen LogP contribution is 2.19. The number of nitrogens with zero attached hydrogens (tertiary/aromatic N) is 2. The van der Waals surface area contributed by atoms with Crippen LogP contribution in [0.15, 0.2) is 48.5 Å². The smallest absolute Gasteiger partial charge is 0.225 e. The highest BCUT2D eigenvalue weighted by molar-refractivity contribution is 5.81. The second kappa shape index (κ2) is 7.28. The Morgan fingerprint density at radius 2 is 1.81 bits per heavy atom. The summed E-state index contributed by atoms with van der Waals surface area (Å²) in [5.41, 5.74) is 2.04. The molecule has 0 saturated carbocycles. The highest BCUT2D eigenvalue weighted by atomic mass is 19.1. The average molecular weight is 353 g/mol. The molecule has 136 valence electrons. The predicted octanol–water partition coefficient (Wildman–Crippen LogP) is 3.93. The van der Waals surface area contributed by atoms with Gasteiger partial charge >= 0.3 is 0 Å². The molecule has 4 nitrogen and oxygen atoms in total. The number of para-hydroxylation sites is 2. The quantitative estimate of drug-likeness (QED) is 0.755. The number of carbonyl (C=O) groups is 1. The van der Waals surface area contributed by atoms with Gasteiger partial charge in [-0.25, -0.2) is 9.37 Å². The number of hydrogen-bond donors (Lipinski definition) is 1. The second-order valence-corrected chi connectivity index (χ2v) is 7.45. The van der Waals surface area contributed by atoms with Gasteiger partial charge in [-0.2, -0.15) is 0 Å². The van der Waals surface area contributed by atoms with Gasteiger partial charge < -0.3 is 9.88 Å². The lowest BCUT2D eigenvalue weighted by atomic mass is 9.96. The van der Waals surface area contributed by atoms with Crippen LogP contribution in [0, 0.1) is 11.2 Å². The SMILES string of the molecule is CC(C)(C)C(=O)NCCc1nc2ccccc2n1Cc1ccccc1F. The van der Waals surface area contributed by atoms with Crippen LogP contribution in [0.2, 0.25) is 0 Å². The van der Waals surface area contributed by atoms with E-state index in [1.807, 2.05) is 55.7 Å². The lowest BCUT2D eigenvalue weighted by molar-refractivity contribution is -0.128. The van der Waals surface area contributed by atoms with Crippen LogP contribution in [0.25, 0.3) is 11.0 Å². The molecule has 1 heterocycles. The Hall–Kier alpha value is -2.69. The topological polar surface area (TPSA) is 46.9 Å². The molecule has 0 atom stereocenters. The summed E-state index contributed by atoms with van der Waals surface area (Å²) in [5, 5.41) is 2.95. The van der Waals surface area contributed by atoms with Crippen molar-refractivity contribution in [2.75, 3.05) is 6.54 Å². The number of amides is 1. The van der Waals surface area contributed by atoms with Crippen molar-refractivity contribution in [2.24, 2.45) is 5.41 Å². The number of nitrogens with one attached hydrogen (secondary N) is 1. The minimum atomic E-state index is -0.423. The van der Waals surface area contributed by atoms with Crippen LogP contribution in [0.4, 0.5) is 4.39 Å². The molecule has 0 radical (unpaired) electrons. The zero-order valence-corrected chi connectivity index (χ0v) is 15.4. The van der Waals surface area contributed by atoms with Crippen molar-refractivity contribution in [1.82, 2.24) is 14.9 Å². The maximum absolute atomic E-state index is 14.1. The number of imidazole rings is 1. The molecule has 0 aliphatic rings. The van der Waals surface area contributed by atoms with E-state index in [4.69, 9.17) is 0 Å². The normalized spacial score (nSPS) is 11.7. The van der Waals surface area contributed by atoms with Gasteiger partial charge in [-0.3, -0.25) is 4.79 Å². The Balaban J connectivity index is 1.85. The molecule has 1 amide bonds. The number of hydrogen-bond acceptors (Lipinski definition) is 2. The van der Waals surface area contributed by atoms with Crippen molar-refractivity contribution >= 4 is 16.9 Å². The Morgan fingerprint density at radius 1 is 1.12 bits per heavy atom. The van der Waals surface area contributed by atoms with E-state index in [0.717, 1.165) is 16.9 Å². The van der Waals surface area contributed by atoms with Crippen molar-refractivity contribution in [1.29, 1.82) is 0 Å². The molecule has 0 aliphatic carbocycles. The summed E-state index contributed by atoms with van der Waals surface area (Å²) in [7, 11) is 0. The maximum atomic E-state index is 14.1. The fraction of sp³-hybridized carbons (Fsp3) is 0.333. The van der Waals surface area contributed by atoms with Gasteiger partial charge in [-0.05, 0) is 18.2 Å². The summed E-state index contributed by atoms with van der Waals surface area (Å²) in [6.45, 7) is 6.56. The van der Waals surface area contributed by atoms with Gasteiger partial charge in [0.15, 0.2) is 0 Å². The molecular weight excluding hydrogens is 329 g/mol. The zero-order valence-electron chi connectivity index (χ0n) is 15.4. The molecule has 5 heteroatoms. The van der Waals surface area contributed by atoms with Crippen LogP contribution in [-0.4, -0.2) is 22.0 Å². The van der Waals surface area contributed by atoms with E-state index in [2.05, 4.69) is 10.3 Å². The molecule has 0 bridgehead atoms. The minimum Gasteiger partial charge on any atom is -0.355 e. The molecule has 0 aliphatic heterocycles. The zero-order chi connectivity index (χ0) is 18.7. The number of carbonyl (C=O) groups excluding carboxylic acids is 1. The Bertz CT molecular complexity index is 924. The van der Waals surface area contributed by atoms with E-state index in [1.54, 1.807) is 12.1 Å². The first-order valence-corrected chi connectivity index (χ1v) is 8.82. The molecule has 0 fully saturated rings. The molecule has 0 unspecified atom stereocenters. The summed E-state index contributed by atoms with van der Waals surface area (Å²) < 4.78 is 16.1. The first-order chi connectivity index (χ1) is 12.4. The third-order valence-corrected chi connectivity index (χ3v) is 4.34. The van der Waals surface area contributed by atoms with Gasteiger partial charge in [0.05, 0.1) is 17.6 Å². The Morgan fingerprint density at radius 3 is 2.54 bits per heavy atom. The third kappa shape index (κ3) is 3.93. The summed E-state index contributed by atoms with van der Waals surface area (Å²) in [6, 6.07) is 14.6. The predicted molar refractivity (Wildman–Crippen MR) is 101 cm³/mol. The van der Waals surface area contributed by atoms with Crippen LogP contribution in [0.3, 0.4) is 0 Å². The fourth-order valence-corrected chi connectivity index (χ4v) is 2.84. The van der Waals surface area contributed by atoms with Crippen molar-refractivity contribution in [2.45, 2.75) is 33.7 Å². The molecule has 3 aromatic rings. The van der Waals surface area contributed by atoms with Crippen molar-refractivity contribution in [3.8, 4) is 0 Å². The molecular formula is C21H24FN3O. The first kappa shape index (κ1) is 18.1. The second-order valence-electron chi connectivity index (χ2n) is 7.45. The van der Waals surface area contributed by atoms with Crippen LogP contribution in [-0.2, 0) is 17.8 Å². The summed E-state index contributed by atoms with van der Waals surface area (Å²) in [4.78, 5) is 16.7. The van der Waals surface area contributed by atoms with Crippen LogP contribution in [0.1, 0.15) is 32.2 Å². The Kier molecular flexibility index (Phi) is 5.07. The average Bonchev–Trinajstić information content (AvgIpc) is 2.94. The molecule has 0 spiro atoms. The van der Waals surface area contributed by atoms with Crippen molar-refractivity contribution in [3.05, 3.63) is 65.7 Å². The number of halogens is 1. The first-order valence-electron chi connectivity index (χ1n) is 8.82. The number of aromatic nitrogens is 2. The van der Waals surface area contributed by atoms with E-state index < -0.39 is 5.41 Å². The van der Waals surface area contributed by atoms with Gasteiger partial charge in [-0.1, -0.05) is 51.1 Å². The van der Waals surface area contributed by atoms with Crippen molar-refractivity contribution in [3.63, 3.8) is 0 Å². The standard InChI is InChI=1S/C21H24FN3O/c1-21(2,3)20(26)23-13-12-19-24-17-10-6-7-11-18(17)25(19)14-15-8-4-5-9-16(15)22/h4-11H,12-14H2,1-3H3,(H,23,26). The maximum Gasteiger partial charge on any atom is 0.225 e. The third-order valence-electron chi connectivity index (χ3n) is 4.34. The van der Waals surface area contributed by atoms with Gasteiger partial charge in [0.1, 0.15) is 11.6 Å². The van der Waals surface area contributed by atoms with Crippen LogP contribution >= 0.6 is 0 Å². The molecule has 1 aromatic heterocycles. The number of rotatable bonds is 5. The highest BCUT2D eigenvalue weighted by Gasteiger charge is 2.21. The number of benzene rings is 2. The van der Waals surface area contributed by atoms with Crippen LogP contribution < -0.4 is 5.32 Å². The van der Waals surface area contributed by atoms with Crippen LogP contribution in [0.5, 0.6) is 0 Å². The van der Waals surface area contributed by atoms with Crippen molar-refractivity contribution < 1.29 is 9.18 Å². The largest absolute Gasteiger partial charge is 0.355 e. The summed E-state index contributed by atoms with van der Waals surface area (Å²) in [5.74, 6) is 0.621. The molecule has 26 heavy (non-hydrogen) atoms. The summed E-state index contributed by atoms with van der Waals surface area (Å²) >= 11 is 0. The molecule has 3 rings (SSSR count). The van der Waals surface area contributed by atoms with Gasteiger partial charge in [-0.15, -0.1) is 0 Å². The van der Waals surface area contributed by atoms with E-state index in [9.17, 15) is 9.18 Å². The molecule has 0 saturated heterocycles. The minimum absolute atomic E-state index is 0.00858. The molecule has 1 N–H and O–H groups in total. The lowest BCUT2D eigenvalue weighted by Gasteiger charge is -2.17. The van der Waals surface area contributed by atoms with Gasteiger partial charge in [0, 0.05) is 23.9 Å². The van der Waals surface area contributed by atoms with E-state index in [1.165, 1.54) is 6.07 Å². The van der Waals surface area contributed by atoms with Gasteiger partial charge in [0.25, 0.3) is 0 Å². The van der Waals surface area contributed by atoms with Gasteiger partial charge in [0.2, 0.25) is 5.91 Å². The van der Waals surface area contributed by atoms with E-state index in [-0.39, 0.29) is 11.7 Å². The number of fused-ring (bicyclic) bond motifs is 1. The molecule has 2 aromatic carbocycles. The summed E-state index contributed by atoms with van der Waals surface area (Å²) in [6.07, 6.45) is 0.588. The lowest BCUT2D eigenvalue weighted by Crippen LogP contribution is -2.36. The fourth-order valence-electron chi connectivity index (χ4n) is 2.84. The van der Waals surface area contributed by atoms with E-state index >= 15 is 0 Å². The van der Waals surface area contributed by atoms with E-state index in [0.29, 0.717) is 25.1 Å². The monoisotopic (exact) mass is 353 g/mol.